The molecule has 0 atom stereocenters. The van der Waals surface area contributed by atoms with E-state index in [4.69, 9.17) is 5.73 Å². The fourth-order valence-electron chi connectivity index (χ4n) is 1.87. The van der Waals surface area contributed by atoms with Gasteiger partial charge in [-0.15, -0.1) is 0 Å². The molecule has 0 unspecified atom stereocenters. The van der Waals surface area contributed by atoms with Crippen molar-refractivity contribution in [1.82, 2.24) is 10.0 Å². The first-order chi connectivity index (χ1) is 9.54. The zero-order valence-corrected chi connectivity index (χ0v) is 11.9. The fraction of sp³-hybridized carbons (Fsp3) is 0.462. The molecule has 1 aliphatic rings. The third-order valence-electron chi connectivity index (χ3n) is 3.15. The van der Waals surface area contributed by atoms with Crippen LogP contribution in [-0.2, 0) is 21.4 Å². The second kappa shape index (κ2) is 6.34. The molecule has 0 heterocycles. The van der Waals surface area contributed by atoms with Crippen LogP contribution in [0.5, 0.6) is 0 Å². The molecule has 4 N–H and O–H groups in total. The smallest absolute Gasteiger partial charge is 0.240 e. The molecule has 1 aliphatic carbocycles. The van der Waals surface area contributed by atoms with Gasteiger partial charge in [0.2, 0.25) is 15.9 Å². The predicted molar refractivity (Wildman–Crippen MR) is 75.3 cm³/mol. The van der Waals surface area contributed by atoms with Crippen LogP contribution in [0, 0.1) is 5.92 Å². The molecule has 6 nitrogen and oxygen atoms in total. The highest BCUT2D eigenvalue weighted by Crippen LogP contribution is 2.28. The Bertz CT molecular complexity index is 582. The van der Waals surface area contributed by atoms with Gasteiger partial charge in [0.1, 0.15) is 0 Å². The molecular weight excluding hydrogens is 278 g/mol. The van der Waals surface area contributed by atoms with E-state index < -0.39 is 10.0 Å². The summed E-state index contributed by atoms with van der Waals surface area (Å²) >= 11 is 0. The van der Waals surface area contributed by atoms with Gasteiger partial charge < -0.3 is 11.1 Å². The van der Waals surface area contributed by atoms with Crippen LogP contribution in [0.2, 0.25) is 0 Å². The van der Waals surface area contributed by atoms with Gasteiger partial charge in [0.15, 0.2) is 0 Å². The Morgan fingerprint density at radius 3 is 2.60 bits per heavy atom. The van der Waals surface area contributed by atoms with Gasteiger partial charge in [0, 0.05) is 25.6 Å². The van der Waals surface area contributed by atoms with Crippen LogP contribution in [0.1, 0.15) is 18.4 Å². The summed E-state index contributed by atoms with van der Waals surface area (Å²) in [7, 11) is -3.59. The molecule has 1 fully saturated rings. The van der Waals surface area contributed by atoms with Gasteiger partial charge in [0.25, 0.3) is 0 Å². The first-order valence-electron chi connectivity index (χ1n) is 6.60. The molecule has 1 aromatic rings. The first kappa shape index (κ1) is 15.0. The second-order valence-electron chi connectivity index (χ2n) is 4.77. The lowest BCUT2D eigenvalue weighted by atomic mass is 10.2. The summed E-state index contributed by atoms with van der Waals surface area (Å²) in [5.41, 5.74) is 6.10. The summed E-state index contributed by atoms with van der Waals surface area (Å²) in [5.74, 6) is 0.135. The topological polar surface area (TPSA) is 101 Å². The number of nitrogens with one attached hydrogen (secondary N) is 2. The van der Waals surface area contributed by atoms with Gasteiger partial charge in [-0.1, -0.05) is 18.2 Å². The molecule has 0 spiro atoms. The predicted octanol–water partition coefficient (Wildman–Crippen LogP) is -0.0502. The molecule has 0 saturated heterocycles. The zero-order chi connectivity index (χ0) is 14.6. The number of carbonyl (C=O) groups is 1. The minimum atomic E-state index is -3.59. The number of amides is 1. The quantitative estimate of drug-likeness (QED) is 0.614. The highest BCUT2D eigenvalue weighted by atomic mass is 32.2. The van der Waals surface area contributed by atoms with E-state index >= 15 is 0 Å². The average molecular weight is 297 g/mol. The third kappa shape index (κ3) is 3.78. The molecule has 110 valence electrons. The number of benzene rings is 1. The zero-order valence-electron chi connectivity index (χ0n) is 11.1. The minimum Gasteiger partial charge on any atom is -0.355 e. The lowest BCUT2D eigenvalue weighted by Crippen LogP contribution is -2.35. The van der Waals surface area contributed by atoms with E-state index in [1.165, 1.54) is 6.07 Å². The summed E-state index contributed by atoms with van der Waals surface area (Å²) in [6, 6.07) is 6.61. The van der Waals surface area contributed by atoms with Crippen LogP contribution in [0.4, 0.5) is 0 Å². The van der Waals surface area contributed by atoms with Gasteiger partial charge >= 0.3 is 0 Å². The number of rotatable bonds is 7. The molecule has 7 heteroatoms. The normalized spacial score (nSPS) is 15.1. The average Bonchev–Trinajstić information content (AvgIpc) is 3.28. The monoisotopic (exact) mass is 297 g/mol. The summed E-state index contributed by atoms with van der Waals surface area (Å²) in [6.07, 6.45) is 1.86. The van der Waals surface area contributed by atoms with Gasteiger partial charge in [-0.2, -0.15) is 0 Å². The Labute approximate surface area is 118 Å². The maximum absolute atomic E-state index is 12.1. The van der Waals surface area contributed by atoms with E-state index in [-0.39, 0.29) is 29.8 Å². The van der Waals surface area contributed by atoms with Gasteiger partial charge in [-0.3, -0.25) is 4.79 Å². The van der Waals surface area contributed by atoms with Crippen molar-refractivity contribution in [3.8, 4) is 0 Å². The van der Waals surface area contributed by atoms with Crippen molar-refractivity contribution in [2.45, 2.75) is 24.3 Å². The molecule has 1 saturated carbocycles. The number of hydrogen-bond acceptors (Lipinski definition) is 4. The molecule has 1 aromatic carbocycles. The lowest BCUT2D eigenvalue weighted by Gasteiger charge is -2.10. The summed E-state index contributed by atoms with van der Waals surface area (Å²) in [5, 5.41) is 2.71. The highest BCUT2D eigenvalue weighted by Gasteiger charge is 2.29. The Balaban J connectivity index is 1.88. The molecule has 20 heavy (non-hydrogen) atoms. The number of hydrogen-bond donors (Lipinski definition) is 3. The Kier molecular flexibility index (Phi) is 4.74. The van der Waals surface area contributed by atoms with Crippen LogP contribution in [-0.4, -0.2) is 27.4 Å². The van der Waals surface area contributed by atoms with Gasteiger partial charge in [-0.25, -0.2) is 13.1 Å². The second-order valence-corrected chi connectivity index (χ2v) is 6.51. The van der Waals surface area contributed by atoms with Crippen molar-refractivity contribution in [3.05, 3.63) is 29.8 Å². The number of nitrogens with two attached hydrogens (primary N) is 1. The minimum absolute atomic E-state index is 0.00607. The van der Waals surface area contributed by atoms with E-state index in [9.17, 15) is 13.2 Å². The van der Waals surface area contributed by atoms with Crippen LogP contribution in [0.25, 0.3) is 0 Å². The molecular formula is C13H19N3O3S. The Morgan fingerprint density at radius 1 is 1.25 bits per heavy atom. The van der Waals surface area contributed by atoms with E-state index in [1.54, 1.807) is 18.2 Å². The van der Waals surface area contributed by atoms with Crippen molar-refractivity contribution in [2.24, 2.45) is 11.7 Å². The lowest BCUT2D eigenvalue weighted by molar-refractivity contribution is -0.122. The van der Waals surface area contributed by atoms with E-state index in [2.05, 4.69) is 10.0 Å². The molecule has 2 rings (SSSR count). The molecule has 0 radical (unpaired) electrons. The maximum Gasteiger partial charge on any atom is 0.240 e. The van der Waals surface area contributed by atoms with Crippen molar-refractivity contribution in [3.63, 3.8) is 0 Å². The maximum atomic E-state index is 12.1. The van der Waals surface area contributed by atoms with E-state index in [1.807, 2.05) is 0 Å². The SMILES string of the molecule is NCc1ccccc1S(=O)(=O)NCCNC(=O)C1CC1. The Morgan fingerprint density at radius 2 is 1.95 bits per heavy atom. The number of sulfonamides is 1. The van der Waals surface area contributed by atoms with Crippen LogP contribution in [0.3, 0.4) is 0 Å². The first-order valence-corrected chi connectivity index (χ1v) is 8.08. The Hall–Kier alpha value is -1.44. The van der Waals surface area contributed by atoms with Crippen molar-refractivity contribution < 1.29 is 13.2 Å². The van der Waals surface area contributed by atoms with Gasteiger partial charge in [0.05, 0.1) is 4.90 Å². The molecule has 0 aromatic heterocycles. The number of carbonyl (C=O) groups excluding carboxylic acids is 1. The van der Waals surface area contributed by atoms with Crippen molar-refractivity contribution in [2.75, 3.05) is 13.1 Å². The van der Waals surface area contributed by atoms with Gasteiger partial charge in [-0.05, 0) is 24.5 Å². The highest BCUT2D eigenvalue weighted by molar-refractivity contribution is 7.89. The van der Waals surface area contributed by atoms with E-state index in [0.717, 1.165) is 12.8 Å². The fourth-order valence-corrected chi connectivity index (χ4v) is 3.15. The summed E-state index contributed by atoms with van der Waals surface area (Å²) < 4.78 is 26.7. The standard InChI is InChI=1S/C13H19N3O3S/c14-9-11-3-1-2-4-12(11)20(18,19)16-8-7-15-13(17)10-5-6-10/h1-4,10,16H,5-9,14H2,(H,15,17). The third-order valence-corrected chi connectivity index (χ3v) is 4.71. The molecule has 0 aliphatic heterocycles. The van der Waals surface area contributed by atoms with E-state index in [0.29, 0.717) is 12.1 Å². The molecule has 1 amide bonds. The summed E-state index contributed by atoms with van der Waals surface area (Å²) in [6.45, 7) is 0.620. The van der Waals surface area contributed by atoms with Crippen LogP contribution in [0.15, 0.2) is 29.2 Å². The largest absolute Gasteiger partial charge is 0.355 e. The van der Waals surface area contributed by atoms with Crippen molar-refractivity contribution >= 4 is 15.9 Å². The molecule has 0 bridgehead atoms. The van der Waals surface area contributed by atoms with Crippen molar-refractivity contribution in [1.29, 1.82) is 0 Å². The van der Waals surface area contributed by atoms with Crippen LogP contribution >= 0.6 is 0 Å². The summed E-state index contributed by atoms with van der Waals surface area (Å²) in [4.78, 5) is 11.6. The van der Waals surface area contributed by atoms with Crippen LogP contribution < -0.4 is 15.8 Å².